The van der Waals surface area contributed by atoms with Gasteiger partial charge in [-0.3, -0.25) is 5.84 Å². The average Bonchev–Trinajstić information content (AvgIpc) is 1.67. The molecule has 0 spiro atoms. The zero-order valence-corrected chi connectivity index (χ0v) is 5.81. The van der Waals surface area contributed by atoms with E-state index in [1.807, 2.05) is 27.0 Å². The minimum Gasteiger partial charge on any atom is -0.268 e. The topological polar surface area (TPSA) is 29.3 Å². The lowest BCUT2D eigenvalue weighted by molar-refractivity contribution is 0.210. The maximum absolute atomic E-state index is 5.44. The van der Waals surface area contributed by atoms with Crippen molar-refractivity contribution in [3.63, 3.8) is 0 Å². The van der Waals surface area contributed by atoms with Gasteiger partial charge in [0.2, 0.25) is 0 Å². The Morgan fingerprint density at radius 1 is 1.62 bits per heavy atom. The van der Waals surface area contributed by atoms with Gasteiger partial charge in [-0.15, -0.1) is 6.58 Å². The first-order valence-corrected chi connectivity index (χ1v) is 2.63. The third kappa shape index (κ3) is 1.64. The summed E-state index contributed by atoms with van der Waals surface area (Å²) in [5.74, 6) is 5.44. The zero-order chi connectivity index (χ0) is 6.78. The van der Waals surface area contributed by atoms with Gasteiger partial charge in [-0.05, 0) is 13.8 Å². The van der Waals surface area contributed by atoms with Crippen molar-refractivity contribution in [1.82, 2.24) is 5.01 Å². The van der Waals surface area contributed by atoms with Crippen molar-refractivity contribution in [2.24, 2.45) is 5.84 Å². The lowest BCUT2D eigenvalue weighted by atomic mass is 10.1. The van der Waals surface area contributed by atoms with Crippen molar-refractivity contribution in [3.05, 3.63) is 12.7 Å². The maximum atomic E-state index is 5.44. The predicted octanol–water partition coefficient (Wildman–Crippen LogP) is 0.756. The summed E-state index contributed by atoms with van der Waals surface area (Å²) < 4.78 is 0. The average molecular weight is 114 g/mol. The van der Waals surface area contributed by atoms with E-state index in [9.17, 15) is 0 Å². The molecule has 0 aliphatic heterocycles. The van der Waals surface area contributed by atoms with Gasteiger partial charge in [0.1, 0.15) is 0 Å². The number of hydrogen-bond acceptors (Lipinski definition) is 2. The van der Waals surface area contributed by atoms with Crippen LogP contribution in [0, 0.1) is 0 Å². The first kappa shape index (κ1) is 7.66. The monoisotopic (exact) mass is 114 g/mol. The molecular formula is C6H14N2. The summed E-state index contributed by atoms with van der Waals surface area (Å²) in [6, 6.07) is 0. The van der Waals surface area contributed by atoms with Crippen molar-refractivity contribution in [2.45, 2.75) is 19.4 Å². The normalized spacial score (nSPS) is 12.1. The van der Waals surface area contributed by atoms with E-state index in [1.165, 1.54) is 0 Å². The van der Waals surface area contributed by atoms with Gasteiger partial charge in [-0.1, -0.05) is 6.08 Å². The summed E-state index contributed by atoms with van der Waals surface area (Å²) in [6.45, 7) is 7.63. The Hall–Kier alpha value is -0.340. The molecule has 0 radical (unpaired) electrons. The van der Waals surface area contributed by atoms with Crippen LogP contribution in [0.15, 0.2) is 12.7 Å². The van der Waals surface area contributed by atoms with Crippen LogP contribution < -0.4 is 5.84 Å². The summed E-state index contributed by atoms with van der Waals surface area (Å²) in [4.78, 5) is 0. The number of hydrogen-bond donors (Lipinski definition) is 1. The van der Waals surface area contributed by atoms with E-state index in [0.717, 1.165) is 0 Å². The molecule has 0 aromatic carbocycles. The van der Waals surface area contributed by atoms with Crippen LogP contribution in [-0.2, 0) is 0 Å². The van der Waals surface area contributed by atoms with Gasteiger partial charge >= 0.3 is 0 Å². The molecule has 0 saturated heterocycles. The number of nitrogens with two attached hydrogens (primary N) is 1. The first-order valence-electron chi connectivity index (χ1n) is 2.63. The molecule has 0 heterocycles. The van der Waals surface area contributed by atoms with Crippen molar-refractivity contribution in [3.8, 4) is 0 Å². The fourth-order valence-corrected chi connectivity index (χ4v) is 0.144. The second kappa shape index (κ2) is 2.29. The van der Waals surface area contributed by atoms with Crippen LogP contribution in [0.3, 0.4) is 0 Å². The van der Waals surface area contributed by atoms with Crippen LogP contribution >= 0.6 is 0 Å². The molecule has 0 unspecified atom stereocenters. The largest absolute Gasteiger partial charge is 0.268 e. The zero-order valence-electron chi connectivity index (χ0n) is 5.81. The van der Waals surface area contributed by atoms with Crippen molar-refractivity contribution < 1.29 is 0 Å². The molecule has 0 rings (SSSR count). The lowest BCUT2D eigenvalue weighted by Gasteiger charge is -2.27. The fraction of sp³-hybridized carbons (Fsp3) is 0.667. The van der Waals surface area contributed by atoms with E-state index in [-0.39, 0.29) is 5.54 Å². The second-order valence-corrected chi connectivity index (χ2v) is 2.47. The molecule has 8 heavy (non-hydrogen) atoms. The van der Waals surface area contributed by atoms with Crippen molar-refractivity contribution >= 4 is 0 Å². The van der Waals surface area contributed by atoms with Crippen molar-refractivity contribution in [1.29, 1.82) is 0 Å². The smallest absolute Gasteiger partial charge is 0.0469 e. The number of hydrazine groups is 1. The van der Waals surface area contributed by atoms with Crippen molar-refractivity contribution in [2.75, 3.05) is 7.05 Å². The van der Waals surface area contributed by atoms with Gasteiger partial charge in [0.05, 0.1) is 0 Å². The van der Waals surface area contributed by atoms with Gasteiger partial charge in [0.25, 0.3) is 0 Å². The van der Waals surface area contributed by atoms with Gasteiger partial charge in [0, 0.05) is 12.6 Å². The molecule has 0 fully saturated rings. The van der Waals surface area contributed by atoms with Crippen LogP contribution in [0.25, 0.3) is 0 Å². The molecule has 0 amide bonds. The summed E-state index contributed by atoms with van der Waals surface area (Å²) >= 11 is 0. The molecule has 48 valence electrons. The van der Waals surface area contributed by atoms with E-state index in [1.54, 1.807) is 5.01 Å². The van der Waals surface area contributed by atoms with Crippen LogP contribution in [0.5, 0.6) is 0 Å². The quantitative estimate of drug-likeness (QED) is 0.326. The molecule has 2 nitrogen and oxygen atoms in total. The Labute approximate surface area is 50.9 Å². The molecule has 0 atom stereocenters. The number of rotatable bonds is 2. The highest BCUT2D eigenvalue weighted by atomic mass is 15.4. The van der Waals surface area contributed by atoms with E-state index >= 15 is 0 Å². The maximum Gasteiger partial charge on any atom is 0.0469 e. The van der Waals surface area contributed by atoms with Gasteiger partial charge in [-0.2, -0.15) is 0 Å². The van der Waals surface area contributed by atoms with E-state index in [2.05, 4.69) is 6.58 Å². The SMILES string of the molecule is C=CC(C)(C)N(C)N. The van der Waals surface area contributed by atoms with E-state index in [0.29, 0.717) is 0 Å². The highest BCUT2D eigenvalue weighted by Gasteiger charge is 2.14. The van der Waals surface area contributed by atoms with Crippen LogP contribution in [0.4, 0.5) is 0 Å². The summed E-state index contributed by atoms with van der Waals surface area (Å²) in [5, 5.41) is 1.62. The van der Waals surface area contributed by atoms with Gasteiger partial charge < -0.3 is 0 Å². The predicted molar refractivity (Wildman–Crippen MR) is 36.2 cm³/mol. The molecule has 0 aromatic rings. The Balaban J connectivity index is 3.90. The Bertz CT molecular complexity index is 84.5. The van der Waals surface area contributed by atoms with E-state index < -0.39 is 0 Å². The lowest BCUT2D eigenvalue weighted by Crippen LogP contribution is -2.43. The van der Waals surface area contributed by atoms with E-state index in [4.69, 9.17) is 5.84 Å². The minimum atomic E-state index is -0.0833. The molecule has 2 N–H and O–H groups in total. The van der Waals surface area contributed by atoms with Gasteiger partial charge in [0.15, 0.2) is 0 Å². The molecule has 0 bridgehead atoms. The second-order valence-electron chi connectivity index (χ2n) is 2.47. The Kier molecular flexibility index (Phi) is 2.19. The number of nitrogens with zero attached hydrogens (tertiary/aromatic N) is 1. The standard InChI is InChI=1S/C6H14N2/c1-5-6(2,3)8(4)7/h5H,1,7H2,2-4H3. The minimum absolute atomic E-state index is 0.0833. The molecule has 0 aliphatic rings. The molecule has 0 aromatic heterocycles. The molecular weight excluding hydrogens is 100 g/mol. The highest BCUT2D eigenvalue weighted by molar-refractivity contribution is 4.94. The molecule has 2 heteroatoms. The summed E-state index contributed by atoms with van der Waals surface area (Å²) in [6.07, 6.45) is 1.81. The highest BCUT2D eigenvalue weighted by Crippen LogP contribution is 2.07. The van der Waals surface area contributed by atoms with Gasteiger partial charge in [-0.25, -0.2) is 5.01 Å². The van der Waals surface area contributed by atoms with Crippen LogP contribution in [0.1, 0.15) is 13.8 Å². The first-order chi connectivity index (χ1) is 3.50. The molecule has 0 aliphatic carbocycles. The molecule has 0 saturated carbocycles. The summed E-state index contributed by atoms with van der Waals surface area (Å²) in [7, 11) is 1.82. The fourth-order valence-electron chi connectivity index (χ4n) is 0.144. The number of likely N-dealkylation sites (N-methyl/N-ethyl adjacent to an activating group) is 1. The third-order valence-electron chi connectivity index (χ3n) is 1.41. The summed E-state index contributed by atoms with van der Waals surface area (Å²) in [5.41, 5.74) is -0.0833. The van der Waals surface area contributed by atoms with Crippen LogP contribution in [0.2, 0.25) is 0 Å². The Morgan fingerprint density at radius 2 is 2.00 bits per heavy atom. The Morgan fingerprint density at radius 3 is 2.00 bits per heavy atom. The third-order valence-corrected chi connectivity index (χ3v) is 1.41. The van der Waals surface area contributed by atoms with Crippen LogP contribution in [-0.4, -0.2) is 17.6 Å².